The summed E-state index contributed by atoms with van der Waals surface area (Å²) in [4.78, 5) is 38.4. The molecular formula is C72H128O6. The third-order valence-corrected chi connectivity index (χ3v) is 14.9. The van der Waals surface area contributed by atoms with Crippen molar-refractivity contribution in [3.63, 3.8) is 0 Å². The van der Waals surface area contributed by atoms with Crippen molar-refractivity contribution in [3.05, 3.63) is 72.9 Å². The summed E-state index contributed by atoms with van der Waals surface area (Å²) in [5, 5.41) is 0. The number of unbranched alkanes of at least 4 members (excludes halogenated alkanes) is 39. The van der Waals surface area contributed by atoms with Gasteiger partial charge in [0.1, 0.15) is 13.2 Å². The number of allylic oxidation sites excluding steroid dienone is 12. The van der Waals surface area contributed by atoms with Gasteiger partial charge in [-0.25, -0.2) is 0 Å². The third-order valence-electron chi connectivity index (χ3n) is 14.9. The molecule has 1 unspecified atom stereocenters. The molecule has 0 rings (SSSR count). The van der Waals surface area contributed by atoms with Gasteiger partial charge >= 0.3 is 17.9 Å². The highest BCUT2D eigenvalue weighted by atomic mass is 16.6. The van der Waals surface area contributed by atoms with Crippen LogP contribution in [0.5, 0.6) is 0 Å². The maximum absolute atomic E-state index is 12.9. The van der Waals surface area contributed by atoms with Gasteiger partial charge in [0.25, 0.3) is 0 Å². The van der Waals surface area contributed by atoms with Gasteiger partial charge in [0.2, 0.25) is 0 Å². The SMILES string of the molecule is CC/C=C\C/C=C\C/C=C\C/C=C\C/C=C\CCCCCCCCCCCC(=O)OCC(COC(=O)CCCCCCCCCCCCCCCC)OC(=O)CCCCCCCCCCC/C=C\CCCCCCCCCC. The summed E-state index contributed by atoms with van der Waals surface area (Å²) < 4.78 is 17.0. The Morgan fingerprint density at radius 1 is 0.269 bits per heavy atom. The van der Waals surface area contributed by atoms with Crippen LogP contribution in [0.3, 0.4) is 0 Å². The molecule has 78 heavy (non-hydrogen) atoms. The van der Waals surface area contributed by atoms with E-state index in [1.807, 2.05) is 0 Å². The molecule has 0 amide bonds. The molecule has 0 spiro atoms. The monoisotopic (exact) mass is 1090 g/mol. The van der Waals surface area contributed by atoms with Gasteiger partial charge in [-0.2, -0.15) is 0 Å². The van der Waals surface area contributed by atoms with Gasteiger partial charge in [0.15, 0.2) is 6.10 Å². The van der Waals surface area contributed by atoms with Crippen LogP contribution >= 0.6 is 0 Å². The van der Waals surface area contributed by atoms with E-state index in [4.69, 9.17) is 14.2 Å². The zero-order valence-corrected chi connectivity index (χ0v) is 51.9. The van der Waals surface area contributed by atoms with E-state index in [1.54, 1.807) is 0 Å². The molecule has 452 valence electrons. The molecule has 0 fully saturated rings. The quantitative estimate of drug-likeness (QED) is 0.0261. The van der Waals surface area contributed by atoms with Gasteiger partial charge in [0.05, 0.1) is 0 Å². The zero-order chi connectivity index (χ0) is 56.4. The van der Waals surface area contributed by atoms with Crippen molar-refractivity contribution in [2.45, 2.75) is 354 Å². The minimum Gasteiger partial charge on any atom is -0.462 e. The lowest BCUT2D eigenvalue weighted by Crippen LogP contribution is -2.30. The van der Waals surface area contributed by atoms with Crippen LogP contribution in [0.25, 0.3) is 0 Å². The molecule has 0 aromatic rings. The maximum atomic E-state index is 12.9. The number of ether oxygens (including phenoxy) is 3. The van der Waals surface area contributed by atoms with E-state index in [9.17, 15) is 14.4 Å². The van der Waals surface area contributed by atoms with Gasteiger partial charge in [-0.05, 0) is 89.9 Å². The first kappa shape index (κ1) is 74.8. The van der Waals surface area contributed by atoms with Crippen molar-refractivity contribution in [1.29, 1.82) is 0 Å². The third kappa shape index (κ3) is 63.7. The van der Waals surface area contributed by atoms with Crippen LogP contribution in [0.15, 0.2) is 72.9 Å². The van der Waals surface area contributed by atoms with Crippen LogP contribution in [0.1, 0.15) is 348 Å². The maximum Gasteiger partial charge on any atom is 0.306 e. The Morgan fingerprint density at radius 2 is 0.500 bits per heavy atom. The van der Waals surface area contributed by atoms with E-state index >= 15 is 0 Å². The van der Waals surface area contributed by atoms with E-state index in [1.165, 1.54) is 212 Å². The molecule has 0 heterocycles. The van der Waals surface area contributed by atoms with E-state index < -0.39 is 6.10 Å². The van der Waals surface area contributed by atoms with Crippen LogP contribution in [0.2, 0.25) is 0 Å². The molecular weight excluding hydrogens is 961 g/mol. The first-order valence-corrected chi connectivity index (χ1v) is 33.9. The van der Waals surface area contributed by atoms with Crippen molar-refractivity contribution in [2.24, 2.45) is 0 Å². The van der Waals surface area contributed by atoms with E-state index in [0.717, 1.165) is 96.3 Å². The Labute approximate surface area is 484 Å². The van der Waals surface area contributed by atoms with Crippen LogP contribution < -0.4 is 0 Å². The molecule has 6 nitrogen and oxygen atoms in total. The molecule has 0 aliphatic carbocycles. The number of carbonyl (C=O) groups is 3. The number of carbonyl (C=O) groups excluding carboxylic acids is 3. The highest BCUT2D eigenvalue weighted by Gasteiger charge is 2.19. The van der Waals surface area contributed by atoms with Crippen molar-refractivity contribution >= 4 is 17.9 Å². The van der Waals surface area contributed by atoms with E-state index in [-0.39, 0.29) is 31.1 Å². The average Bonchev–Trinajstić information content (AvgIpc) is 3.44. The fraction of sp³-hybridized carbons (Fsp3) is 0.792. The summed E-state index contributed by atoms with van der Waals surface area (Å²) in [7, 11) is 0. The largest absolute Gasteiger partial charge is 0.462 e. The fourth-order valence-electron chi connectivity index (χ4n) is 9.88. The predicted octanol–water partition coefficient (Wildman–Crippen LogP) is 23.3. The first-order valence-electron chi connectivity index (χ1n) is 33.9. The summed E-state index contributed by atoms with van der Waals surface area (Å²) in [5.74, 6) is -0.862. The van der Waals surface area contributed by atoms with Crippen LogP contribution in [-0.2, 0) is 28.6 Å². The topological polar surface area (TPSA) is 78.9 Å². The van der Waals surface area contributed by atoms with Crippen molar-refractivity contribution in [1.82, 2.24) is 0 Å². The smallest absolute Gasteiger partial charge is 0.306 e. The Hall–Kier alpha value is -3.15. The highest BCUT2D eigenvalue weighted by molar-refractivity contribution is 5.71. The summed E-state index contributed by atoms with van der Waals surface area (Å²) in [6.07, 6.45) is 86.3. The Balaban J connectivity index is 4.32. The first-order chi connectivity index (χ1) is 38.5. The number of esters is 3. The molecule has 0 saturated heterocycles. The molecule has 0 aromatic heterocycles. The highest BCUT2D eigenvalue weighted by Crippen LogP contribution is 2.17. The van der Waals surface area contributed by atoms with Crippen molar-refractivity contribution < 1.29 is 28.6 Å². The van der Waals surface area contributed by atoms with E-state index in [2.05, 4.69) is 93.7 Å². The average molecular weight is 1090 g/mol. The zero-order valence-electron chi connectivity index (χ0n) is 51.9. The molecule has 0 bridgehead atoms. The standard InChI is InChI=1S/C72H128O6/c1-4-7-10-13-16-19-22-25-28-30-32-34-35-36-37-39-40-42-44-47-50-53-56-59-62-65-71(74)77-68-69(67-76-70(73)64-61-58-55-52-49-46-27-24-21-18-15-12-9-6-3)78-72(75)66-63-60-57-54-51-48-45-43-41-38-33-31-29-26-23-20-17-14-11-8-5-2/h7,10,16,19,25,28,31-34,36-37,69H,4-6,8-9,11-15,17-18,20-24,26-27,29-30,35,38-68H2,1-3H3/b10-7-,19-16-,28-25-,33-31-,34-32-,37-36-. The summed E-state index contributed by atoms with van der Waals surface area (Å²) in [6, 6.07) is 0. The van der Waals surface area contributed by atoms with Gasteiger partial charge < -0.3 is 14.2 Å². The van der Waals surface area contributed by atoms with Crippen LogP contribution in [0, 0.1) is 0 Å². The van der Waals surface area contributed by atoms with Gasteiger partial charge in [-0.1, -0.05) is 312 Å². The van der Waals surface area contributed by atoms with Crippen LogP contribution in [-0.4, -0.2) is 37.2 Å². The molecule has 0 aliphatic rings. The van der Waals surface area contributed by atoms with Crippen LogP contribution in [0.4, 0.5) is 0 Å². The molecule has 1 atom stereocenters. The lowest BCUT2D eigenvalue weighted by Gasteiger charge is -2.18. The summed E-state index contributed by atoms with van der Waals surface area (Å²) in [6.45, 7) is 6.57. The lowest BCUT2D eigenvalue weighted by molar-refractivity contribution is -0.167. The second kappa shape index (κ2) is 66.4. The summed E-state index contributed by atoms with van der Waals surface area (Å²) >= 11 is 0. The normalized spacial score (nSPS) is 12.5. The second-order valence-electron chi connectivity index (χ2n) is 22.7. The Morgan fingerprint density at radius 3 is 0.795 bits per heavy atom. The number of hydrogen-bond donors (Lipinski definition) is 0. The molecule has 6 heteroatoms. The minimum absolute atomic E-state index is 0.0740. The fourth-order valence-corrected chi connectivity index (χ4v) is 9.88. The lowest BCUT2D eigenvalue weighted by atomic mass is 10.0. The number of rotatable bonds is 62. The molecule has 0 N–H and O–H groups in total. The second-order valence-corrected chi connectivity index (χ2v) is 22.7. The Bertz CT molecular complexity index is 1440. The molecule has 0 saturated carbocycles. The summed E-state index contributed by atoms with van der Waals surface area (Å²) in [5.41, 5.74) is 0. The van der Waals surface area contributed by atoms with Crippen molar-refractivity contribution in [3.8, 4) is 0 Å². The Kier molecular flexibility index (Phi) is 63.7. The molecule has 0 aromatic carbocycles. The van der Waals surface area contributed by atoms with Gasteiger partial charge in [0, 0.05) is 19.3 Å². The minimum atomic E-state index is -0.778. The van der Waals surface area contributed by atoms with Gasteiger partial charge in [-0.15, -0.1) is 0 Å². The van der Waals surface area contributed by atoms with Crippen molar-refractivity contribution in [2.75, 3.05) is 13.2 Å². The molecule has 0 radical (unpaired) electrons. The van der Waals surface area contributed by atoms with E-state index in [0.29, 0.717) is 19.3 Å². The van der Waals surface area contributed by atoms with Gasteiger partial charge in [-0.3, -0.25) is 14.4 Å². The number of hydrogen-bond acceptors (Lipinski definition) is 6. The molecule has 0 aliphatic heterocycles. The predicted molar refractivity (Wildman–Crippen MR) is 339 cm³/mol.